The molecule has 108 valence electrons. The maximum Gasteiger partial charge on any atom is 0.251 e. The SMILES string of the molecule is CCC(C#N)(CCCSc1nccc(=O)[nH]1)NC1CC1. The highest BCUT2D eigenvalue weighted by molar-refractivity contribution is 7.99. The fourth-order valence-electron chi connectivity index (χ4n) is 2.10. The van der Waals surface area contributed by atoms with E-state index in [9.17, 15) is 10.1 Å². The standard InChI is InChI=1S/C14H20N4OS/c1-2-14(10-15,18-11-4-5-11)7-3-9-20-13-16-8-6-12(19)17-13/h6,8,11,18H,2-5,7,9H2,1H3,(H,16,17,19). The molecule has 2 N–H and O–H groups in total. The highest BCUT2D eigenvalue weighted by atomic mass is 32.2. The Kier molecular flexibility index (Phi) is 5.21. The third kappa shape index (κ3) is 4.36. The second kappa shape index (κ2) is 6.91. The van der Waals surface area contributed by atoms with Crippen molar-refractivity contribution in [2.75, 3.05) is 5.75 Å². The highest BCUT2D eigenvalue weighted by Gasteiger charge is 2.34. The summed E-state index contributed by atoms with van der Waals surface area (Å²) in [5.41, 5.74) is -0.517. The molecule has 1 aliphatic carbocycles. The molecule has 1 fully saturated rings. The molecule has 5 nitrogen and oxygen atoms in total. The van der Waals surface area contributed by atoms with Crippen molar-refractivity contribution in [1.29, 1.82) is 5.26 Å². The molecule has 0 aliphatic heterocycles. The fourth-order valence-corrected chi connectivity index (χ4v) is 2.89. The average Bonchev–Trinajstić information content (AvgIpc) is 3.26. The van der Waals surface area contributed by atoms with Crippen molar-refractivity contribution in [1.82, 2.24) is 15.3 Å². The summed E-state index contributed by atoms with van der Waals surface area (Å²) in [5.74, 6) is 0.850. The Hall–Kier alpha value is -1.32. The number of hydrogen-bond acceptors (Lipinski definition) is 5. The number of nitriles is 1. The maximum atomic E-state index is 11.1. The Morgan fingerprint density at radius 3 is 3.05 bits per heavy atom. The summed E-state index contributed by atoms with van der Waals surface area (Å²) in [4.78, 5) is 17.9. The Balaban J connectivity index is 1.78. The minimum atomic E-state index is -0.390. The number of nitrogens with one attached hydrogen (secondary N) is 2. The summed E-state index contributed by atoms with van der Waals surface area (Å²) in [6.07, 6.45) is 6.47. The van der Waals surface area contributed by atoms with E-state index in [0.29, 0.717) is 11.2 Å². The lowest BCUT2D eigenvalue weighted by Gasteiger charge is -2.26. The zero-order valence-electron chi connectivity index (χ0n) is 11.7. The van der Waals surface area contributed by atoms with Crippen LogP contribution in [-0.2, 0) is 0 Å². The van der Waals surface area contributed by atoms with Gasteiger partial charge in [0.2, 0.25) is 0 Å². The Labute approximate surface area is 123 Å². The van der Waals surface area contributed by atoms with Crippen molar-refractivity contribution >= 4 is 11.8 Å². The number of aromatic nitrogens is 2. The summed E-state index contributed by atoms with van der Waals surface area (Å²) in [5, 5.41) is 13.5. The van der Waals surface area contributed by atoms with Crippen LogP contribution < -0.4 is 10.9 Å². The molecule has 0 spiro atoms. The second-order valence-corrected chi connectivity index (χ2v) is 6.24. The summed E-state index contributed by atoms with van der Waals surface area (Å²) in [7, 11) is 0. The summed E-state index contributed by atoms with van der Waals surface area (Å²) >= 11 is 1.53. The molecule has 1 aromatic rings. The van der Waals surface area contributed by atoms with Crippen molar-refractivity contribution < 1.29 is 0 Å². The van der Waals surface area contributed by atoms with Crippen LogP contribution in [0.4, 0.5) is 0 Å². The molecule has 1 heterocycles. The van der Waals surface area contributed by atoms with Crippen LogP contribution in [0.2, 0.25) is 0 Å². The van der Waals surface area contributed by atoms with Crippen molar-refractivity contribution in [3.63, 3.8) is 0 Å². The number of nitrogens with zero attached hydrogens (tertiary/aromatic N) is 2. The van der Waals surface area contributed by atoms with Gasteiger partial charge in [-0.1, -0.05) is 18.7 Å². The first-order valence-electron chi connectivity index (χ1n) is 7.04. The molecule has 0 radical (unpaired) electrons. The van der Waals surface area contributed by atoms with Gasteiger partial charge in [-0.05, 0) is 32.1 Å². The topological polar surface area (TPSA) is 81.6 Å². The molecule has 1 aliphatic rings. The molecule has 0 amide bonds. The quantitative estimate of drug-likeness (QED) is 0.435. The minimum Gasteiger partial charge on any atom is -0.301 e. The van der Waals surface area contributed by atoms with E-state index in [1.54, 1.807) is 0 Å². The normalized spacial score (nSPS) is 17.4. The van der Waals surface area contributed by atoms with Gasteiger partial charge in [-0.25, -0.2) is 4.98 Å². The molecule has 1 aromatic heterocycles. The van der Waals surface area contributed by atoms with E-state index in [1.165, 1.54) is 36.9 Å². The smallest absolute Gasteiger partial charge is 0.251 e. The van der Waals surface area contributed by atoms with Gasteiger partial charge in [0.15, 0.2) is 5.16 Å². The lowest BCUT2D eigenvalue weighted by atomic mass is 9.92. The van der Waals surface area contributed by atoms with Gasteiger partial charge < -0.3 is 4.98 Å². The highest BCUT2D eigenvalue weighted by Crippen LogP contribution is 2.27. The Bertz CT molecular complexity index is 534. The van der Waals surface area contributed by atoms with Gasteiger partial charge in [0, 0.05) is 24.1 Å². The predicted octanol–water partition coefficient (Wildman–Crippen LogP) is 2.07. The van der Waals surface area contributed by atoms with Crippen LogP contribution in [-0.4, -0.2) is 27.3 Å². The van der Waals surface area contributed by atoms with Gasteiger partial charge in [0.05, 0.1) is 6.07 Å². The average molecular weight is 292 g/mol. The van der Waals surface area contributed by atoms with Crippen molar-refractivity contribution in [3.05, 3.63) is 22.6 Å². The third-order valence-electron chi connectivity index (χ3n) is 3.51. The largest absolute Gasteiger partial charge is 0.301 e. The number of H-pyrrole nitrogens is 1. The van der Waals surface area contributed by atoms with E-state index in [0.717, 1.165) is 25.0 Å². The molecule has 6 heteroatoms. The number of hydrogen-bond donors (Lipinski definition) is 2. The lowest BCUT2D eigenvalue weighted by molar-refractivity contribution is 0.367. The third-order valence-corrected chi connectivity index (χ3v) is 4.48. The molecule has 0 saturated heterocycles. The summed E-state index contributed by atoms with van der Waals surface area (Å²) in [6, 6.07) is 4.39. The van der Waals surface area contributed by atoms with E-state index >= 15 is 0 Å². The first-order chi connectivity index (χ1) is 9.67. The van der Waals surface area contributed by atoms with Gasteiger partial charge in [-0.15, -0.1) is 0 Å². The molecular formula is C14H20N4OS. The first kappa shape index (κ1) is 15.1. The van der Waals surface area contributed by atoms with E-state index < -0.39 is 0 Å². The van der Waals surface area contributed by atoms with Crippen LogP contribution >= 0.6 is 11.8 Å². The zero-order valence-corrected chi connectivity index (χ0v) is 12.5. The van der Waals surface area contributed by atoms with Crippen LogP contribution in [0, 0.1) is 11.3 Å². The van der Waals surface area contributed by atoms with Crippen LogP contribution in [0.15, 0.2) is 22.2 Å². The second-order valence-electron chi connectivity index (χ2n) is 5.16. The molecule has 20 heavy (non-hydrogen) atoms. The van der Waals surface area contributed by atoms with Crippen LogP contribution in [0.5, 0.6) is 0 Å². The summed E-state index contributed by atoms with van der Waals surface area (Å²) < 4.78 is 0. The molecule has 1 atom stereocenters. The lowest BCUT2D eigenvalue weighted by Crippen LogP contribution is -2.44. The summed E-state index contributed by atoms with van der Waals surface area (Å²) in [6.45, 7) is 2.06. The Morgan fingerprint density at radius 2 is 2.45 bits per heavy atom. The van der Waals surface area contributed by atoms with Gasteiger partial charge in [-0.2, -0.15) is 5.26 Å². The molecular weight excluding hydrogens is 272 g/mol. The minimum absolute atomic E-state index is 0.127. The number of thioether (sulfide) groups is 1. The van der Waals surface area contributed by atoms with E-state index in [2.05, 4.69) is 28.3 Å². The van der Waals surface area contributed by atoms with Gasteiger partial charge >= 0.3 is 0 Å². The first-order valence-corrected chi connectivity index (χ1v) is 8.03. The molecule has 0 aromatic carbocycles. The van der Waals surface area contributed by atoms with Crippen LogP contribution in [0.1, 0.15) is 39.0 Å². The molecule has 1 saturated carbocycles. The maximum absolute atomic E-state index is 11.1. The fraction of sp³-hybridized carbons (Fsp3) is 0.643. The predicted molar refractivity (Wildman–Crippen MR) is 79.6 cm³/mol. The molecule has 2 rings (SSSR count). The Morgan fingerprint density at radius 1 is 1.65 bits per heavy atom. The van der Waals surface area contributed by atoms with Crippen molar-refractivity contribution in [3.8, 4) is 6.07 Å². The van der Waals surface area contributed by atoms with Gasteiger partial charge in [0.25, 0.3) is 5.56 Å². The zero-order chi connectivity index (χ0) is 14.4. The monoisotopic (exact) mass is 292 g/mol. The van der Waals surface area contributed by atoms with E-state index in [-0.39, 0.29) is 11.1 Å². The van der Waals surface area contributed by atoms with E-state index in [4.69, 9.17) is 0 Å². The van der Waals surface area contributed by atoms with E-state index in [1.807, 2.05) is 0 Å². The van der Waals surface area contributed by atoms with Gasteiger partial charge in [-0.3, -0.25) is 10.1 Å². The molecule has 0 bridgehead atoms. The van der Waals surface area contributed by atoms with Crippen LogP contribution in [0.25, 0.3) is 0 Å². The molecule has 1 unspecified atom stereocenters. The van der Waals surface area contributed by atoms with Gasteiger partial charge in [0.1, 0.15) is 5.54 Å². The number of aromatic amines is 1. The number of rotatable bonds is 8. The van der Waals surface area contributed by atoms with Crippen LogP contribution in [0.3, 0.4) is 0 Å². The van der Waals surface area contributed by atoms with Crippen molar-refractivity contribution in [2.45, 2.75) is 55.8 Å². The van der Waals surface area contributed by atoms with Crippen molar-refractivity contribution in [2.24, 2.45) is 0 Å².